The number of hydrogen-bond acceptors (Lipinski definition) is 2. The zero-order valence-corrected chi connectivity index (χ0v) is 10.9. The molecule has 2 rings (SSSR count). The van der Waals surface area contributed by atoms with Gasteiger partial charge < -0.3 is 10.6 Å². The first kappa shape index (κ1) is 13.3. The standard InChI is InChI=1S/C13H16ClFN2O/c1-8-6-9(4-5-16-8)13(18)17-12-3-2-10(14)7-11(12)15/h2-3,7-9,16H,4-6H2,1H3,(H,17,18)/t8-,9-/m0/s1. The molecule has 98 valence electrons. The lowest BCUT2D eigenvalue weighted by molar-refractivity contribution is -0.120. The van der Waals surface area contributed by atoms with Crippen LogP contribution in [0.5, 0.6) is 0 Å². The third-order valence-electron chi connectivity index (χ3n) is 3.18. The van der Waals surface area contributed by atoms with Crippen molar-refractivity contribution in [1.82, 2.24) is 5.32 Å². The highest BCUT2D eigenvalue weighted by Crippen LogP contribution is 2.22. The summed E-state index contributed by atoms with van der Waals surface area (Å²) in [4.78, 5) is 12.0. The van der Waals surface area contributed by atoms with Crippen molar-refractivity contribution in [1.29, 1.82) is 0 Å². The predicted molar refractivity (Wildman–Crippen MR) is 70.2 cm³/mol. The van der Waals surface area contributed by atoms with Gasteiger partial charge in [-0.3, -0.25) is 4.79 Å². The zero-order chi connectivity index (χ0) is 13.1. The molecule has 0 radical (unpaired) electrons. The van der Waals surface area contributed by atoms with Crippen molar-refractivity contribution in [2.75, 3.05) is 11.9 Å². The van der Waals surface area contributed by atoms with Gasteiger partial charge in [-0.15, -0.1) is 0 Å². The molecule has 1 saturated heterocycles. The topological polar surface area (TPSA) is 41.1 Å². The lowest BCUT2D eigenvalue weighted by Crippen LogP contribution is -2.40. The van der Waals surface area contributed by atoms with Crippen LogP contribution in [0.25, 0.3) is 0 Å². The largest absolute Gasteiger partial charge is 0.323 e. The number of carbonyl (C=O) groups excluding carboxylic acids is 1. The lowest BCUT2D eigenvalue weighted by Gasteiger charge is -2.27. The Morgan fingerprint density at radius 2 is 2.33 bits per heavy atom. The van der Waals surface area contributed by atoms with Crippen molar-refractivity contribution in [2.24, 2.45) is 5.92 Å². The first-order valence-corrected chi connectivity index (χ1v) is 6.43. The average molecular weight is 271 g/mol. The second-order valence-electron chi connectivity index (χ2n) is 4.69. The maximum Gasteiger partial charge on any atom is 0.227 e. The highest BCUT2D eigenvalue weighted by molar-refractivity contribution is 6.30. The molecule has 0 unspecified atom stereocenters. The molecule has 1 aliphatic rings. The van der Waals surface area contributed by atoms with Crippen LogP contribution in [0.1, 0.15) is 19.8 Å². The number of amides is 1. The fourth-order valence-electron chi connectivity index (χ4n) is 2.20. The molecule has 0 aliphatic carbocycles. The number of hydrogen-bond donors (Lipinski definition) is 2. The van der Waals surface area contributed by atoms with Crippen molar-refractivity contribution in [3.63, 3.8) is 0 Å². The second kappa shape index (κ2) is 5.67. The summed E-state index contributed by atoms with van der Waals surface area (Å²) in [5.74, 6) is -0.682. The minimum Gasteiger partial charge on any atom is -0.323 e. The fraction of sp³-hybridized carbons (Fsp3) is 0.462. The van der Waals surface area contributed by atoms with Gasteiger partial charge in [0.05, 0.1) is 5.69 Å². The van der Waals surface area contributed by atoms with Crippen LogP contribution in [-0.2, 0) is 4.79 Å². The summed E-state index contributed by atoms with van der Waals surface area (Å²) in [5.41, 5.74) is 0.190. The monoisotopic (exact) mass is 270 g/mol. The Balaban J connectivity index is 2.02. The van der Waals surface area contributed by atoms with E-state index in [0.717, 1.165) is 19.4 Å². The van der Waals surface area contributed by atoms with E-state index in [1.807, 2.05) is 6.92 Å². The molecule has 2 N–H and O–H groups in total. The van der Waals surface area contributed by atoms with Gasteiger partial charge in [-0.1, -0.05) is 11.6 Å². The van der Waals surface area contributed by atoms with E-state index in [2.05, 4.69) is 10.6 Å². The van der Waals surface area contributed by atoms with Crippen molar-refractivity contribution in [3.8, 4) is 0 Å². The summed E-state index contributed by atoms with van der Waals surface area (Å²) >= 11 is 5.66. The van der Waals surface area contributed by atoms with E-state index in [1.165, 1.54) is 12.1 Å². The van der Waals surface area contributed by atoms with Crippen LogP contribution in [-0.4, -0.2) is 18.5 Å². The molecule has 1 fully saturated rings. The molecular formula is C13H16ClFN2O. The second-order valence-corrected chi connectivity index (χ2v) is 5.13. The average Bonchev–Trinajstić information content (AvgIpc) is 2.32. The molecular weight excluding hydrogens is 255 g/mol. The van der Waals surface area contributed by atoms with E-state index in [-0.39, 0.29) is 17.5 Å². The first-order valence-electron chi connectivity index (χ1n) is 6.05. The number of piperidine rings is 1. The Kier molecular flexibility index (Phi) is 4.19. The quantitative estimate of drug-likeness (QED) is 0.868. The Labute approximate surface area is 111 Å². The Bertz CT molecular complexity index is 453. The van der Waals surface area contributed by atoms with Crippen molar-refractivity contribution < 1.29 is 9.18 Å². The van der Waals surface area contributed by atoms with Crippen LogP contribution >= 0.6 is 11.6 Å². The van der Waals surface area contributed by atoms with Gasteiger partial charge in [-0.25, -0.2) is 4.39 Å². The van der Waals surface area contributed by atoms with Gasteiger partial charge in [0.2, 0.25) is 5.91 Å². The lowest BCUT2D eigenvalue weighted by atomic mass is 9.92. The minimum atomic E-state index is -0.502. The number of halogens is 2. The van der Waals surface area contributed by atoms with Gasteiger partial charge in [0.15, 0.2) is 0 Å². The first-order chi connectivity index (χ1) is 8.56. The molecule has 0 spiro atoms. The molecule has 1 aliphatic heterocycles. The molecule has 0 saturated carbocycles. The molecule has 0 aromatic heterocycles. The molecule has 18 heavy (non-hydrogen) atoms. The van der Waals surface area contributed by atoms with E-state index in [0.29, 0.717) is 11.1 Å². The third kappa shape index (κ3) is 3.21. The molecule has 3 nitrogen and oxygen atoms in total. The van der Waals surface area contributed by atoms with Crippen LogP contribution in [0, 0.1) is 11.7 Å². The fourth-order valence-corrected chi connectivity index (χ4v) is 2.35. The normalized spacial score (nSPS) is 23.7. The highest BCUT2D eigenvalue weighted by Gasteiger charge is 2.25. The van der Waals surface area contributed by atoms with Gasteiger partial charge >= 0.3 is 0 Å². The van der Waals surface area contributed by atoms with E-state index in [1.54, 1.807) is 6.07 Å². The summed E-state index contributed by atoms with van der Waals surface area (Å²) in [7, 11) is 0. The Morgan fingerprint density at radius 3 is 3.00 bits per heavy atom. The maximum absolute atomic E-state index is 13.5. The van der Waals surface area contributed by atoms with Gasteiger partial charge in [-0.2, -0.15) is 0 Å². The predicted octanol–water partition coefficient (Wildman–Crippen LogP) is 2.81. The number of benzene rings is 1. The smallest absolute Gasteiger partial charge is 0.227 e. The SMILES string of the molecule is C[C@H]1C[C@@H](C(=O)Nc2ccc(Cl)cc2F)CCN1. The Morgan fingerprint density at radius 1 is 1.56 bits per heavy atom. The molecule has 5 heteroatoms. The Hall–Kier alpha value is -1.13. The minimum absolute atomic E-state index is 0.0590. The van der Waals surface area contributed by atoms with E-state index >= 15 is 0 Å². The molecule has 2 atom stereocenters. The zero-order valence-electron chi connectivity index (χ0n) is 10.2. The van der Waals surface area contributed by atoms with Crippen LogP contribution in [0.2, 0.25) is 5.02 Å². The van der Waals surface area contributed by atoms with Gasteiger partial charge in [0, 0.05) is 17.0 Å². The summed E-state index contributed by atoms with van der Waals surface area (Å²) in [6.07, 6.45) is 1.56. The molecule has 0 bridgehead atoms. The summed E-state index contributed by atoms with van der Waals surface area (Å²) in [5, 5.41) is 6.23. The highest BCUT2D eigenvalue weighted by atomic mass is 35.5. The maximum atomic E-state index is 13.5. The van der Waals surface area contributed by atoms with Crippen molar-refractivity contribution in [3.05, 3.63) is 29.0 Å². The van der Waals surface area contributed by atoms with E-state index in [9.17, 15) is 9.18 Å². The molecule has 1 aromatic rings. The van der Waals surface area contributed by atoms with Crippen LogP contribution in [0.4, 0.5) is 10.1 Å². The number of nitrogens with one attached hydrogen (secondary N) is 2. The van der Waals surface area contributed by atoms with E-state index < -0.39 is 5.82 Å². The molecule has 1 aromatic carbocycles. The van der Waals surface area contributed by atoms with Gasteiger partial charge in [-0.05, 0) is 44.5 Å². The van der Waals surface area contributed by atoms with Crippen molar-refractivity contribution in [2.45, 2.75) is 25.8 Å². The number of carbonyl (C=O) groups is 1. The van der Waals surface area contributed by atoms with Gasteiger partial charge in [0.1, 0.15) is 5.82 Å². The van der Waals surface area contributed by atoms with Crippen LogP contribution < -0.4 is 10.6 Å². The summed E-state index contributed by atoms with van der Waals surface area (Å²) in [6.45, 7) is 2.87. The number of anilines is 1. The molecule has 1 amide bonds. The van der Waals surface area contributed by atoms with E-state index in [4.69, 9.17) is 11.6 Å². The number of rotatable bonds is 2. The third-order valence-corrected chi connectivity index (χ3v) is 3.42. The van der Waals surface area contributed by atoms with Crippen LogP contribution in [0.3, 0.4) is 0 Å². The summed E-state index contributed by atoms with van der Waals surface area (Å²) in [6, 6.07) is 4.57. The molecule has 1 heterocycles. The summed E-state index contributed by atoms with van der Waals surface area (Å²) < 4.78 is 13.5. The van der Waals surface area contributed by atoms with Gasteiger partial charge in [0.25, 0.3) is 0 Å². The van der Waals surface area contributed by atoms with Crippen molar-refractivity contribution >= 4 is 23.2 Å². The van der Waals surface area contributed by atoms with Crippen LogP contribution in [0.15, 0.2) is 18.2 Å².